The molecular formula is C23H22N2O5. The van der Waals surface area contributed by atoms with Gasteiger partial charge >= 0.3 is 0 Å². The van der Waals surface area contributed by atoms with E-state index in [-0.39, 0.29) is 29.2 Å². The van der Waals surface area contributed by atoms with Crippen LogP contribution >= 0.6 is 0 Å². The standard InChI is InChI=1S/C23H22N2O5/c1-29-14-11-12-20(30-2)18(13-14)24-21(26)17-9-5-6-10-19(17)25-22(27)15-7-3-4-8-16(15)23(25)28/h3-6,9-13,15-16H,7-8H2,1-2H3,(H,24,26)/t15-,16-/m0/s1. The average molecular weight is 406 g/mol. The van der Waals surface area contributed by atoms with Gasteiger partial charge in [0.15, 0.2) is 0 Å². The number of hydrogen-bond acceptors (Lipinski definition) is 5. The van der Waals surface area contributed by atoms with E-state index >= 15 is 0 Å². The molecule has 154 valence electrons. The molecule has 2 atom stereocenters. The fourth-order valence-corrected chi connectivity index (χ4v) is 4.00. The molecule has 0 aromatic heterocycles. The van der Waals surface area contributed by atoms with E-state index in [2.05, 4.69) is 5.32 Å². The first-order chi connectivity index (χ1) is 14.5. The van der Waals surface area contributed by atoms with Gasteiger partial charge in [-0.25, -0.2) is 4.90 Å². The Bertz CT molecular complexity index is 1020. The summed E-state index contributed by atoms with van der Waals surface area (Å²) in [6.45, 7) is 0. The number of fused-ring (bicyclic) bond motifs is 1. The third-order valence-corrected chi connectivity index (χ3v) is 5.55. The number of anilines is 2. The summed E-state index contributed by atoms with van der Waals surface area (Å²) in [6.07, 6.45) is 4.95. The van der Waals surface area contributed by atoms with Gasteiger partial charge in [-0.15, -0.1) is 0 Å². The van der Waals surface area contributed by atoms with Crippen LogP contribution in [0.15, 0.2) is 54.6 Å². The van der Waals surface area contributed by atoms with E-state index in [1.54, 1.807) is 42.5 Å². The molecule has 7 heteroatoms. The molecule has 3 amide bonds. The molecule has 0 bridgehead atoms. The Morgan fingerprint density at radius 3 is 2.27 bits per heavy atom. The fourth-order valence-electron chi connectivity index (χ4n) is 4.00. The van der Waals surface area contributed by atoms with Crippen molar-refractivity contribution in [3.63, 3.8) is 0 Å². The molecule has 2 aromatic rings. The van der Waals surface area contributed by atoms with Crippen molar-refractivity contribution >= 4 is 29.1 Å². The maximum absolute atomic E-state index is 13.1. The number of carbonyl (C=O) groups excluding carboxylic acids is 3. The largest absolute Gasteiger partial charge is 0.497 e. The van der Waals surface area contributed by atoms with Crippen molar-refractivity contribution < 1.29 is 23.9 Å². The molecule has 1 aliphatic heterocycles. The van der Waals surface area contributed by atoms with Crippen LogP contribution in [0.4, 0.5) is 11.4 Å². The maximum atomic E-state index is 13.1. The molecule has 2 aliphatic rings. The minimum absolute atomic E-state index is 0.232. The molecule has 1 N–H and O–H groups in total. The zero-order valence-corrected chi connectivity index (χ0v) is 16.8. The zero-order valence-electron chi connectivity index (χ0n) is 16.8. The number of allylic oxidation sites excluding steroid dienone is 2. The lowest BCUT2D eigenvalue weighted by molar-refractivity contribution is -0.122. The third-order valence-electron chi connectivity index (χ3n) is 5.55. The number of amides is 3. The number of nitrogens with zero attached hydrogens (tertiary/aromatic N) is 1. The molecule has 1 heterocycles. The quantitative estimate of drug-likeness (QED) is 0.608. The summed E-state index contributed by atoms with van der Waals surface area (Å²) < 4.78 is 10.5. The van der Waals surface area contributed by atoms with E-state index in [1.807, 2.05) is 12.2 Å². The molecule has 0 saturated carbocycles. The predicted molar refractivity (Wildman–Crippen MR) is 112 cm³/mol. The second-order valence-corrected chi connectivity index (χ2v) is 7.21. The molecule has 1 saturated heterocycles. The fraction of sp³-hybridized carbons (Fsp3) is 0.261. The Kier molecular flexibility index (Phi) is 5.27. The highest BCUT2D eigenvalue weighted by atomic mass is 16.5. The Labute approximate surface area is 174 Å². The molecule has 0 radical (unpaired) electrons. The number of hydrogen-bond donors (Lipinski definition) is 1. The summed E-state index contributed by atoms with van der Waals surface area (Å²) in [5.74, 6) is -0.671. The van der Waals surface area contributed by atoms with Crippen molar-refractivity contribution in [2.75, 3.05) is 24.4 Å². The van der Waals surface area contributed by atoms with Gasteiger partial charge in [-0.1, -0.05) is 24.3 Å². The topological polar surface area (TPSA) is 84.9 Å². The number of nitrogens with one attached hydrogen (secondary N) is 1. The van der Waals surface area contributed by atoms with E-state index < -0.39 is 5.91 Å². The highest BCUT2D eigenvalue weighted by molar-refractivity contribution is 6.25. The summed E-state index contributed by atoms with van der Waals surface area (Å²) >= 11 is 0. The second kappa shape index (κ2) is 8.02. The van der Waals surface area contributed by atoms with Crippen molar-refractivity contribution in [1.82, 2.24) is 0 Å². The molecule has 0 unspecified atom stereocenters. The summed E-state index contributed by atoms with van der Waals surface area (Å²) in [5, 5.41) is 2.80. The minimum Gasteiger partial charge on any atom is -0.497 e. The van der Waals surface area contributed by atoms with Crippen LogP contribution in [0.25, 0.3) is 0 Å². The van der Waals surface area contributed by atoms with Gasteiger partial charge in [-0.2, -0.15) is 0 Å². The van der Waals surface area contributed by atoms with Gasteiger partial charge in [0.1, 0.15) is 11.5 Å². The molecule has 4 rings (SSSR count). The van der Waals surface area contributed by atoms with Crippen LogP contribution in [0.2, 0.25) is 0 Å². The first-order valence-electron chi connectivity index (χ1n) is 9.70. The van der Waals surface area contributed by atoms with Crippen molar-refractivity contribution in [2.45, 2.75) is 12.8 Å². The molecule has 1 fully saturated rings. The van der Waals surface area contributed by atoms with E-state index in [0.717, 1.165) is 0 Å². The van der Waals surface area contributed by atoms with E-state index in [4.69, 9.17) is 9.47 Å². The summed E-state index contributed by atoms with van der Waals surface area (Å²) in [4.78, 5) is 40.2. The normalized spacial score (nSPS) is 20.1. The lowest BCUT2D eigenvalue weighted by atomic mass is 9.85. The van der Waals surface area contributed by atoms with Gasteiger partial charge < -0.3 is 14.8 Å². The smallest absolute Gasteiger partial charge is 0.257 e. The van der Waals surface area contributed by atoms with Crippen molar-refractivity contribution in [2.24, 2.45) is 11.8 Å². The second-order valence-electron chi connectivity index (χ2n) is 7.21. The number of carbonyl (C=O) groups is 3. The number of imide groups is 1. The average Bonchev–Trinajstić information content (AvgIpc) is 3.04. The molecule has 1 aliphatic carbocycles. The van der Waals surface area contributed by atoms with E-state index in [0.29, 0.717) is 35.7 Å². The summed E-state index contributed by atoms with van der Waals surface area (Å²) in [6, 6.07) is 11.7. The first-order valence-corrected chi connectivity index (χ1v) is 9.70. The molecule has 0 spiro atoms. The number of rotatable bonds is 5. The van der Waals surface area contributed by atoms with Crippen LogP contribution in [0.5, 0.6) is 11.5 Å². The number of para-hydroxylation sites is 1. The van der Waals surface area contributed by atoms with Gasteiger partial charge in [0, 0.05) is 6.07 Å². The van der Waals surface area contributed by atoms with E-state index in [1.165, 1.54) is 19.1 Å². The van der Waals surface area contributed by atoms with Gasteiger partial charge in [0.05, 0.1) is 43.0 Å². The molecule has 2 aromatic carbocycles. The Morgan fingerprint density at radius 2 is 1.63 bits per heavy atom. The first kappa shape index (κ1) is 19.7. The van der Waals surface area contributed by atoms with Gasteiger partial charge in [-0.05, 0) is 37.1 Å². The Morgan fingerprint density at radius 1 is 0.967 bits per heavy atom. The Balaban J connectivity index is 1.67. The van der Waals surface area contributed by atoms with Crippen molar-refractivity contribution in [3.8, 4) is 11.5 Å². The third kappa shape index (κ3) is 3.32. The van der Waals surface area contributed by atoms with Crippen LogP contribution in [-0.4, -0.2) is 31.9 Å². The van der Waals surface area contributed by atoms with Crippen LogP contribution in [0.1, 0.15) is 23.2 Å². The van der Waals surface area contributed by atoms with Crippen LogP contribution in [-0.2, 0) is 9.59 Å². The van der Waals surface area contributed by atoms with Crippen LogP contribution < -0.4 is 19.7 Å². The monoisotopic (exact) mass is 406 g/mol. The minimum atomic E-state index is -0.453. The van der Waals surface area contributed by atoms with Gasteiger partial charge in [-0.3, -0.25) is 14.4 Å². The van der Waals surface area contributed by atoms with E-state index in [9.17, 15) is 14.4 Å². The van der Waals surface area contributed by atoms with Gasteiger partial charge in [0.25, 0.3) is 5.91 Å². The number of ether oxygens (including phenoxy) is 2. The number of methoxy groups -OCH3 is 2. The number of benzene rings is 2. The highest BCUT2D eigenvalue weighted by Gasteiger charge is 2.48. The van der Waals surface area contributed by atoms with Gasteiger partial charge in [0.2, 0.25) is 11.8 Å². The SMILES string of the molecule is COc1ccc(OC)c(NC(=O)c2ccccc2N2C(=O)[C@H]3CC=CC[C@@H]3C2=O)c1. The summed E-state index contributed by atoms with van der Waals surface area (Å²) in [7, 11) is 3.03. The molecule has 7 nitrogen and oxygen atoms in total. The van der Waals surface area contributed by atoms with Crippen molar-refractivity contribution in [3.05, 3.63) is 60.2 Å². The highest BCUT2D eigenvalue weighted by Crippen LogP contribution is 2.39. The lowest BCUT2D eigenvalue weighted by Crippen LogP contribution is -2.33. The lowest BCUT2D eigenvalue weighted by Gasteiger charge is -2.19. The predicted octanol–water partition coefficient (Wildman–Crippen LogP) is 3.41. The molecular weight excluding hydrogens is 384 g/mol. The van der Waals surface area contributed by atoms with Crippen LogP contribution in [0.3, 0.4) is 0 Å². The zero-order chi connectivity index (χ0) is 21.3. The molecule has 30 heavy (non-hydrogen) atoms. The van der Waals surface area contributed by atoms with Crippen LogP contribution in [0, 0.1) is 11.8 Å². The Hall–Kier alpha value is -3.61. The summed E-state index contributed by atoms with van der Waals surface area (Å²) in [5.41, 5.74) is 0.950. The van der Waals surface area contributed by atoms with Crippen molar-refractivity contribution in [1.29, 1.82) is 0 Å². The maximum Gasteiger partial charge on any atom is 0.257 e.